The molecule has 2 unspecified atom stereocenters. The molecule has 0 saturated carbocycles. The van der Waals surface area contributed by atoms with Crippen molar-refractivity contribution >= 4 is 22.7 Å². The molecule has 7 heterocycles. The predicted octanol–water partition coefficient (Wildman–Crippen LogP) is 12.1. The second-order valence-corrected chi connectivity index (χ2v) is 22.4. The Morgan fingerprint density at radius 1 is 0.566 bits per heavy atom. The van der Waals surface area contributed by atoms with E-state index in [2.05, 4.69) is 85.4 Å². The molecule has 2 N–H and O–H groups in total. The standard InChI is InChI=1S/C61H64F2N10O3/c1-39(2)44-9-5-7-11-46(44)48-27-42(62)14-17-52(48)75-54-29-64-37-66-57(54)72-25-21-60(35-72)19-23-70(33-60)31-41-13-16-51-56(69-59(74)68-51)50(41)32-71-24-20-61(34-71)22-26-73(36-61)58-55(30-65-38-67-58)76-53-18-15-43(63)28-49(53)47-12-8-6-10-45(47)40(3)4/h5-18,27-30,37-40H,19-26,31-36H2,1-4H3,(H2,68,69,74). The number of halogens is 2. The van der Waals surface area contributed by atoms with E-state index in [-0.39, 0.29) is 40.0 Å². The molecule has 12 rings (SSSR count). The third-order valence-electron chi connectivity index (χ3n) is 16.6. The molecule has 390 valence electrons. The van der Waals surface area contributed by atoms with E-state index in [0.717, 1.165) is 142 Å². The molecule has 0 bridgehead atoms. The largest absolute Gasteiger partial charge is 0.451 e. The lowest BCUT2D eigenvalue weighted by Gasteiger charge is -2.27. The zero-order valence-corrected chi connectivity index (χ0v) is 43.7. The number of anilines is 2. The van der Waals surface area contributed by atoms with Gasteiger partial charge in [0.1, 0.15) is 35.8 Å². The summed E-state index contributed by atoms with van der Waals surface area (Å²) in [4.78, 5) is 47.1. The number of aromatic nitrogens is 6. The molecule has 0 aliphatic carbocycles. The van der Waals surface area contributed by atoms with Crippen LogP contribution in [-0.2, 0) is 13.1 Å². The highest BCUT2D eigenvalue weighted by molar-refractivity contribution is 5.80. The molecule has 4 aliphatic heterocycles. The average molecular weight is 1020 g/mol. The summed E-state index contributed by atoms with van der Waals surface area (Å²) in [5, 5.41) is 0. The maximum Gasteiger partial charge on any atom is 0.323 e. The summed E-state index contributed by atoms with van der Waals surface area (Å²) >= 11 is 0. The Balaban J connectivity index is 0.729. The molecule has 4 fully saturated rings. The molecule has 4 saturated heterocycles. The van der Waals surface area contributed by atoms with Crippen LogP contribution in [0.3, 0.4) is 0 Å². The van der Waals surface area contributed by atoms with Crippen LogP contribution in [0, 0.1) is 22.5 Å². The minimum atomic E-state index is -0.324. The van der Waals surface area contributed by atoms with Gasteiger partial charge in [-0.1, -0.05) is 82.3 Å². The van der Waals surface area contributed by atoms with Gasteiger partial charge in [0.15, 0.2) is 23.1 Å². The first kappa shape index (κ1) is 49.4. The summed E-state index contributed by atoms with van der Waals surface area (Å²) in [6.45, 7) is 17.1. The van der Waals surface area contributed by atoms with Crippen LogP contribution in [0.1, 0.15) is 87.5 Å². The quantitative estimate of drug-likeness (QED) is 0.108. The molecule has 0 radical (unpaired) electrons. The van der Waals surface area contributed by atoms with Gasteiger partial charge >= 0.3 is 5.69 Å². The van der Waals surface area contributed by atoms with E-state index in [1.165, 1.54) is 17.7 Å². The number of ether oxygens (including phenoxy) is 2. The maximum atomic E-state index is 14.9. The highest BCUT2D eigenvalue weighted by atomic mass is 19.1. The van der Waals surface area contributed by atoms with Crippen LogP contribution in [0.5, 0.6) is 23.0 Å². The van der Waals surface area contributed by atoms with Crippen molar-refractivity contribution in [3.05, 3.63) is 166 Å². The van der Waals surface area contributed by atoms with Gasteiger partial charge in [-0.25, -0.2) is 33.5 Å². The summed E-state index contributed by atoms with van der Waals surface area (Å²) < 4.78 is 43.1. The van der Waals surface area contributed by atoms with E-state index < -0.39 is 0 Å². The number of nitrogens with one attached hydrogen (secondary N) is 2. The fourth-order valence-electron chi connectivity index (χ4n) is 12.8. The minimum Gasteiger partial charge on any atom is -0.451 e. The first-order chi connectivity index (χ1) is 36.9. The summed E-state index contributed by atoms with van der Waals surface area (Å²) in [5.74, 6) is 3.50. The van der Waals surface area contributed by atoms with Gasteiger partial charge in [-0.3, -0.25) is 9.80 Å². The summed E-state index contributed by atoms with van der Waals surface area (Å²) in [7, 11) is 0. The van der Waals surface area contributed by atoms with Crippen molar-refractivity contribution in [3.63, 3.8) is 0 Å². The molecule has 0 amide bonds. The second-order valence-electron chi connectivity index (χ2n) is 22.4. The zero-order valence-electron chi connectivity index (χ0n) is 43.7. The number of hydrogen-bond acceptors (Lipinski definition) is 11. The number of nitrogens with zero attached hydrogens (tertiary/aromatic N) is 8. The molecular weight excluding hydrogens is 959 g/mol. The first-order valence-electron chi connectivity index (χ1n) is 26.8. The smallest absolute Gasteiger partial charge is 0.323 e. The Labute approximate surface area is 442 Å². The van der Waals surface area contributed by atoms with E-state index in [0.29, 0.717) is 34.1 Å². The Morgan fingerprint density at radius 2 is 1.07 bits per heavy atom. The van der Waals surface area contributed by atoms with Crippen LogP contribution in [-0.4, -0.2) is 92.1 Å². The van der Waals surface area contributed by atoms with E-state index in [1.54, 1.807) is 49.3 Å². The second kappa shape index (κ2) is 20.2. The Bertz CT molecular complexity index is 3510. The van der Waals surface area contributed by atoms with E-state index in [4.69, 9.17) is 19.4 Å². The molecule has 2 atom stereocenters. The number of hydrogen-bond donors (Lipinski definition) is 2. The predicted molar refractivity (Wildman–Crippen MR) is 293 cm³/mol. The van der Waals surface area contributed by atoms with E-state index in [1.807, 2.05) is 42.5 Å². The van der Waals surface area contributed by atoms with Gasteiger partial charge in [-0.2, -0.15) is 0 Å². The molecule has 8 aromatic rings. The lowest BCUT2D eigenvalue weighted by Crippen LogP contribution is -2.32. The van der Waals surface area contributed by atoms with Crippen molar-refractivity contribution in [1.29, 1.82) is 0 Å². The lowest BCUT2D eigenvalue weighted by molar-refractivity contribution is 0.260. The van der Waals surface area contributed by atoms with Crippen LogP contribution < -0.4 is 25.0 Å². The van der Waals surface area contributed by atoms with Gasteiger partial charge in [0.2, 0.25) is 0 Å². The van der Waals surface area contributed by atoms with Crippen LogP contribution in [0.4, 0.5) is 20.4 Å². The summed E-state index contributed by atoms with van der Waals surface area (Å²) in [6, 6.07) is 29.8. The number of benzene rings is 5. The van der Waals surface area contributed by atoms with Crippen molar-refractivity contribution in [2.24, 2.45) is 10.8 Å². The molecule has 2 spiro atoms. The lowest BCUT2D eigenvalue weighted by atomic mass is 9.86. The molecule has 15 heteroatoms. The molecular formula is C61H64F2N10O3. The molecule has 4 aliphatic rings. The van der Waals surface area contributed by atoms with E-state index in [9.17, 15) is 13.6 Å². The highest BCUT2D eigenvalue weighted by Crippen LogP contribution is 2.48. The average Bonchev–Trinajstić information content (AvgIpc) is 4.30. The van der Waals surface area contributed by atoms with Gasteiger partial charge in [0, 0.05) is 74.3 Å². The molecule has 3 aromatic heterocycles. The van der Waals surface area contributed by atoms with Gasteiger partial charge in [0.25, 0.3) is 0 Å². The first-order valence-corrected chi connectivity index (χ1v) is 26.8. The number of aromatic amines is 2. The molecule has 76 heavy (non-hydrogen) atoms. The van der Waals surface area contributed by atoms with E-state index >= 15 is 0 Å². The topological polar surface area (TPSA) is 132 Å². The van der Waals surface area contributed by atoms with Crippen molar-refractivity contribution < 1.29 is 18.3 Å². The van der Waals surface area contributed by atoms with Crippen LogP contribution in [0.2, 0.25) is 0 Å². The number of likely N-dealkylation sites (tertiary alicyclic amines) is 2. The SMILES string of the molecule is CC(C)c1ccccc1-c1cc(F)ccc1Oc1cncnc1N1CCC2(CCN(Cc3ccc4[nH]c(=O)[nH]c4c3CN3CCC4(CCN(c5ncncc5Oc5ccc(F)cc5-c5ccccc5C(C)C)C4)C3)C2)C1. The number of fused-ring (bicyclic) bond motifs is 1. The van der Waals surface area contributed by atoms with Crippen LogP contribution >= 0.6 is 0 Å². The van der Waals surface area contributed by atoms with Crippen molar-refractivity contribution in [1.82, 2.24) is 39.7 Å². The highest BCUT2D eigenvalue weighted by Gasteiger charge is 2.46. The number of H-pyrrole nitrogens is 2. The Kier molecular flexibility index (Phi) is 13.1. The summed E-state index contributed by atoms with van der Waals surface area (Å²) in [5.41, 5.74) is 9.50. The zero-order chi connectivity index (χ0) is 52.1. The molecule has 5 aromatic carbocycles. The number of rotatable bonds is 14. The normalized spacial score (nSPS) is 19.9. The van der Waals surface area contributed by atoms with Gasteiger partial charge < -0.3 is 29.2 Å². The Morgan fingerprint density at radius 3 is 1.59 bits per heavy atom. The fourth-order valence-corrected chi connectivity index (χ4v) is 12.8. The molecule has 13 nitrogen and oxygen atoms in total. The summed E-state index contributed by atoms with van der Waals surface area (Å²) in [6.07, 6.45) is 10.7. The third kappa shape index (κ3) is 9.70. The third-order valence-corrected chi connectivity index (χ3v) is 16.6. The van der Waals surface area contributed by atoms with Crippen molar-refractivity contribution in [2.75, 3.05) is 62.2 Å². The van der Waals surface area contributed by atoms with Crippen molar-refractivity contribution in [3.8, 4) is 45.3 Å². The van der Waals surface area contributed by atoms with Gasteiger partial charge in [-0.05, 0) is 126 Å². The fraction of sp³-hybridized carbons (Fsp3) is 0.361. The van der Waals surface area contributed by atoms with Gasteiger partial charge in [-0.15, -0.1) is 0 Å². The monoisotopic (exact) mass is 1020 g/mol. The van der Waals surface area contributed by atoms with Gasteiger partial charge in [0.05, 0.1) is 23.4 Å². The number of imidazole rings is 1. The minimum absolute atomic E-state index is 0.0455. The van der Waals surface area contributed by atoms with Crippen LogP contribution in [0.15, 0.2) is 127 Å². The van der Waals surface area contributed by atoms with Crippen LogP contribution in [0.25, 0.3) is 33.3 Å². The Hall–Kier alpha value is -7.49. The maximum absolute atomic E-state index is 14.9. The van der Waals surface area contributed by atoms with Crippen molar-refractivity contribution in [2.45, 2.75) is 78.3 Å².